The lowest BCUT2D eigenvalue weighted by atomic mass is 10.1. The first-order valence-corrected chi connectivity index (χ1v) is 8.91. The number of benzene rings is 2. The lowest BCUT2D eigenvalue weighted by molar-refractivity contribution is -0.111. The number of amides is 2. The quantitative estimate of drug-likeness (QED) is 0.771. The fraction of sp³-hybridized carbons (Fsp3) is 0.200. The van der Waals surface area contributed by atoms with Gasteiger partial charge in [-0.15, -0.1) is 0 Å². The second-order valence-electron chi connectivity index (χ2n) is 5.79. The Labute approximate surface area is 162 Å². The van der Waals surface area contributed by atoms with Gasteiger partial charge in [0.2, 0.25) is 5.91 Å². The molecule has 2 aromatic rings. The van der Waals surface area contributed by atoms with Crippen molar-refractivity contribution < 1.29 is 19.1 Å². The Kier molecular flexibility index (Phi) is 5.98. The number of hydrogen-bond donors (Lipinski definition) is 2. The highest BCUT2D eigenvalue weighted by molar-refractivity contribution is 6.32. The summed E-state index contributed by atoms with van der Waals surface area (Å²) >= 11 is 6.18. The SMILES string of the molecule is CCNC(=O)c1ccc(NC(=O)C=Cc2cc(Cl)c3c(c2)OCCO3)cc1. The summed E-state index contributed by atoms with van der Waals surface area (Å²) < 4.78 is 11.0. The first-order valence-electron chi connectivity index (χ1n) is 8.53. The van der Waals surface area contributed by atoms with Crippen LogP contribution in [-0.2, 0) is 4.79 Å². The van der Waals surface area contributed by atoms with Crippen LogP contribution in [0.2, 0.25) is 5.02 Å². The summed E-state index contributed by atoms with van der Waals surface area (Å²) in [4.78, 5) is 23.8. The smallest absolute Gasteiger partial charge is 0.251 e. The minimum absolute atomic E-state index is 0.147. The first-order chi connectivity index (χ1) is 13.1. The molecule has 27 heavy (non-hydrogen) atoms. The van der Waals surface area contributed by atoms with Gasteiger partial charge in [0, 0.05) is 23.9 Å². The molecule has 2 N–H and O–H groups in total. The number of carbonyl (C=O) groups is 2. The van der Waals surface area contributed by atoms with E-state index in [2.05, 4.69) is 10.6 Å². The van der Waals surface area contributed by atoms with Crippen molar-refractivity contribution in [1.29, 1.82) is 0 Å². The summed E-state index contributed by atoms with van der Waals surface area (Å²) in [5, 5.41) is 5.90. The molecule has 0 atom stereocenters. The van der Waals surface area contributed by atoms with E-state index >= 15 is 0 Å². The second kappa shape index (κ2) is 8.60. The highest BCUT2D eigenvalue weighted by Crippen LogP contribution is 2.38. The van der Waals surface area contributed by atoms with Gasteiger partial charge < -0.3 is 20.1 Å². The van der Waals surface area contributed by atoms with Crippen molar-refractivity contribution in [1.82, 2.24) is 5.32 Å². The van der Waals surface area contributed by atoms with Crippen LogP contribution in [0.4, 0.5) is 5.69 Å². The van der Waals surface area contributed by atoms with E-state index in [1.807, 2.05) is 6.92 Å². The van der Waals surface area contributed by atoms with Crippen LogP contribution in [0.15, 0.2) is 42.5 Å². The molecule has 1 heterocycles. The molecule has 3 rings (SSSR count). The molecule has 6 nitrogen and oxygen atoms in total. The summed E-state index contributed by atoms with van der Waals surface area (Å²) in [5.74, 6) is 0.643. The number of anilines is 1. The van der Waals surface area contributed by atoms with Gasteiger partial charge >= 0.3 is 0 Å². The van der Waals surface area contributed by atoms with Crippen LogP contribution in [0.5, 0.6) is 11.5 Å². The molecular weight excluding hydrogens is 368 g/mol. The summed E-state index contributed by atoms with van der Waals surface area (Å²) in [5.41, 5.74) is 1.86. The molecule has 140 valence electrons. The third kappa shape index (κ3) is 4.80. The largest absolute Gasteiger partial charge is 0.486 e. The fourth-order valence-electron chi connectivity index (χ4n) is 2.55. The van der Waals surface area contributed by atoms with E-state index in [0.717, 1.165) is 5.56 Å². The molecular formula is C20H19ClN2O4. The Bertz CT molecular complexity index is 878. The lowest BCUT2D eigenvalue weighted by Gasteiger charge is -2.19. The number of carbonyl (C=O) groups excluding carboxylic acids is 2. The minimum Gasteiger partial charge on any atom is -0.486 e. The van der Waals surface area contributed by atoms with Crippen LogP contribution in [0.3, 0.4) is 0 Å². The number of ether oxygens (including phenoxy) is 2. The molecule has 0 bridgehead atoms. The Balaban J connectivity index is 1.64. The molecule has 0 radical (unpaired) electrons. The van der Waals surface area contributed by atoms with Crippen LogP contribution in [0, 0.1) is 0 Å². The summed E-state index contributed by atoms with van der Waals surface area (Å²) in [7, 11) is 0. The van der Waals surface area contributed by atoms with Crippen LogP contribution < -0.4 is 20.1 Å². The average molecular weight is 387 g/mol. The second-order valence-corrected chi connectivity index (χ2v) is 6.19. The van der Waals surface area contributed by atoms with Crippen LogP contribution >= 0.6 is 11.6 Å². The minimum atomic E-state index is -0.299. The predicted octanol–water partition coefficient (Wildman–Crippen LogP) is 3.51. The van der Waals surface area contributed by atoms with Gasteiger partial charge in [0.05, 0.1) is 5.02 Å². The Morgan fingerprint density at radius 2 is 1.89 bits per heavy atom. The molecule has 0 aromatic heterocycles. The molecule has 2 amide bonds. The molecule has 1 aliphatic rings. The molecule has 1 aliphatic heterocycles. The maximum Gasteiger partial charge on any atom is 0.251 e. The van der Waals surface area contributed by atoms with Crippen LogP contribution in [-0.4, -0.2) is 31.6 Å². The third-order valence-electron chi connectivity index (χ3n) is 3.80. The average Bonchev–Trinajstić information content (AvgIpc) is 2.67. The van der Waals surface area contributed by atoms with Gasteiger partial charge in [0.25, 0.3) is 5.91 Å². The van der Waals surface area contributed by atoms with Gasteiger partial charge in [0.15, 0.2) is 11.5 Å². The number of nitrogens with one attached hydrogen (secondary N) is 2. The zero-order chi connectivity index (χ0) is 19.2. The van der Waals surface area contributed by atoms with Crippen molar-refractivity contribution in [3.05, 3.63) is 58.6 Å². The maximum atomic E-state index is 12.1. The summed E-state index contributed by atoms with van der Waals surface area (Å²) in [6, 6.07) is 10.1. The normalized spacial score (nSPS) is 12.7. The first kappa shape index (κ1) is 18.8. The topological polar surface area (TPSA) is 76.7 Å². The number of fused-ring (bicyclic) bond motifs is 1. The molecule has 0 saturated carbocycles. The molecule has 0 fully saturated rings. The zero-order valence-electron chi connectivity index (χ0n) is 14.8. The van der Waals surface area contributed by atoms with Crippen LogP contribution in [0.25, 0.3) is 6.08 Å². The van der Waals surface area contributed by atoms with Crippen molar-refractivity contribution in [2.24, 2.45) is 0 Å². The Morgan fingerprint density at radius 3 is 2.63 bits per heavy atom. The third-order valence-corrected chi connectivity index (χ3v) is 4.08. The van der Waals surface area contributed by atoms with Crippen LogP contribution in [0.1, 0.15) is 22.8 Å². The van der Waals surface area contributed by atoms with E-state index in [1.54, 1.807) is 42.5 Å². The van der Waals surface area contributed by atoms with Gasteiger partial charge in [0.1, 0.15) is 13.2 Å². The molecule has 0 saturated heterocycles. The van der Waals surface area contributed by atoms with Gasteiger partial charge in [-0.05, 0) is 55.0 Å². The van der Waals surface area contributed by atoms with Gasteiger partial charge in [-0.3, -0.25) is 9.59 Å². The van der Waals surface area contributed by atoms with E-state index in [4.69, 9.17) is 21.1 Å². The van der Waals surface area contributed by atoms with Crippen molar-refractivity contribution in [2.75, 3.05) is 25.1 Å². The Hall–Kier alpha value is -2.99. The number of rotatable bonds is 5. The molecule has 0 aliphatic carbocycles. The molecule has 2 aromatic carbocycles. The molecule has 0 spiro atoms. The zero-order valence-corrected chi connectivity index (χ0v) is 15.5. The van der Waals surface area contributed by atoms with E-state index in [-0.39, 0.29) is 11.8 Å². The number of hydrogen-bond acceptors (Lipinski definition) is 4. The monoisotopic (exact) mass is 386 g/mol. The predicted molar refractivity (Wildman–Crippen MR) is 105 cm³/mol. The summed E-state index contributed by atoms with van der Waals surface area (Å²) in [6.07, 6.45) is 3.04. The fourth-order valence-corrected chi connectivity index (χ4v) is 2.82. The van der Waals surface area contributed by atoms with Gasteiger partial charge in [-0.1, -0.05) is 11.6 Å². The van der Waals surface area contributed by atoms with Gasteiger partial charge in [-0.2, -0.15) is 0 Å². The van der Waals surface area contributed by atoms with E-state index in [0.29, 0.717) is 47.5 Å². The standard InChI is InChI=1S/C20H19ClN2O4/c1-2-22-20(25)14-4-6-15(7-5-14)23-18(24)8-3-13-11-16(21)19-17(12-13)26-9-10-27-19/h3-8,11-12H,2,9-10H2,1H3,(H,22,25)(H,23,24). The van der Waals surface area contributed by atoms with Crippen molar-refractivity contribution in [3.63, 3.8) is 0 Å². The molecule has 0 unspecified atom stereocenters. The van der Waals surface area contributed by atoms with E-state index in [9.17, 15) is 9.59 Å². The van der Waals surface area contributed by atoms with Crippen molar-refractivity contribution in [2.45, 2.75) is 6.92 Å². The van der Waals surface area contributed by atoms with Crippen molar-refractivity contribution in [3.8, 4) is 11.5 Å². The maximum absolute atomic E-state index is 12.1. The lowest BCUT2D eigenvalue weighted by Crippen LogP contribution is -2.22. The van der Waals surface area contributed by atoms with E-state index in [1.165, 1.54) is 6.08 Å². The highest BCUT2D eigenvalue weighted by atomic mass is 35.5. The van der Waals surface area contributed by atoms with Crippen molar-refractivity contribution >= 4 is 35.2 Å². The number of halogens is 1. The van der Waals surface area contributed by atoms with E-state index < -0.39 is 0 Å². The summed E-state index contributed by atoms with van der Waals surface area (Å²) in [6.45, 7) is 3.34. The Morgan fingerprint density at radius 1 is 1.15 bits per heavy atom. The highest BCUT2D eigenvalue weighted by Gasteiger charge is 2.16. The molecule has 7 heteroatoms. The van der Waals surface area contributed by atoms with Gasteiger partial charge in [-0.25, -0.2) is 0 Å².